The van der Waals surface area contributed by atoms with Gasteiger partial charge in [-0.15, -0.1) is 0 Å². The van der Waals surface area contributed by atoms with E-state index in [2.05, 4.69) is 22.4 Å². The van der Waals surface area contributed by atoms with E-state index in [1.807, 2.05) is 13.0 Å². The van der Waals surface area contributed by atoms with Crippen molar-refractivity contribution in [2.75, 3.05) is 18.5 Å². The second-order valence-corrected chi connectivity index (χ2v) is 7.43. The molecule has 2 aliphatic rings. The van der Waals surface area contributed by atoms with Gasteiger partial charge in [0.25, 0.3) is 0 Å². The smallest absolute Gasteiger partial charge is 0.183 e. The van der Waals surface area contributed by atoms with Crippen LogP contribution in [0.25, 0.3) is 10.2 Å². The first-order valence-corrected chi connectivity index (χ1v) is 8.90. The lowest BCUT2D eigenvalue weighted by molar-refractivity contribution is 0.341. The Bertz CT molecular complexity index is 639. The third kappa shape index (κ3) is 2.61. The Kier molecular flexibility index (Phi) is 3.49. The van der Waals surface area contributed by atoms with Gasteiger partial charge in [-0.3, -0.25) is 0 Å². The first-order chi connectivity index (χ1) is 10.3. The summed E-state index contributed by atoms with van der Waals surface area (Å²) >= 11 is 1.74. The van der Waals surface area contributed by atoms with Crippen LogP contribution in [0.1, 0.15) is 32.6 Å². The third-order valence-electron chi connectivity index (χ3n) is 5.07. The fraction of sp³-hybridized carbons (Fsp3) is 0.588. The standard InChI is InChI=1S/C17H22N2OS/c1-2-20-14-5-6-15-16(9-14)21-17(19-15)18-10-13-8-11-3-4-12(13)7-11/h5-6,9,11-13H,2-4,7-8,10H2,1H3,(H,18,19). The van der Waals surface area contributed by atoms with Gasteiger partial charge in [0.05, 0.1) is 16.8 Å². The van der Waals surface area contributed by atoms with Gasteiger partial charge in [0.1, 0.15) is 5.75 Å². The number of aromatic nitrogens is 1. The van der Waals surface area contributed by atoms with Gasteiger partial charge >= 0.3 is 0 Å². The van der Waals surface area contributed by atoms with Crippen LogP contribution < -0.4 is 10.1 Å². The largest absolute Gasteiger partial charge is 0.494 e. The molecule has 4 heteroatoms. The van der Waals surface area contributed by atoms with Crippen LogP contribution in [0.2, 0.25) is 0 Å². The van der Waals surface area contributed by atoms with E-state index >= 15 is 0 Å². The molecular weight excluding hydrogens is 280 g/mol. The summed E-state index contributed by atoms with van der Waals surface area (Å²) in [7, 11) is 0. The highest BCUT2D eigenvalue weighted by Crippen LogP contribution is 2.48. The summed E-state index contributed by atoms with van der Waals surface area (Å²) in [6.07, 6.45) is 5.83. The number of nitrogens with one attached hydrogen (secondary N) is 1. The molecule has 0 amide bonds. The average molecular weight is 302 g/mol. The molecule has 1 aromatic heterocycles. The molecule has 2 aliphatic carbocycles. The number of fused-ring (bicyclic) bond motifs is 3. The first kappa shape index (κ1) is 13.4. The van der Waals surface area contributed by atoms with Crippen LogP contribution in [0.3, 0.4) is 0 Å². The average Bonchev–Trinajstić information content (AvgIpc) is 3.19. The van der Waals surface area contributed by atoms with Crippen LogP contribution in [0.5, 0.6) is 5.75 Å². The molecule has 1 N–H and O–H groups in total. The van der Waals surface area contributed by atoms with Crippen molar-refractivity contribution >= 4 is 26.7 Å². The zero-order chi connectivity index (χ0) is 14.2. The molecule has 112 valence electrons. The van der Waals surface area contributed by atoms with Gasteiger partial charge in [0.2, 0.25) is 0 Å². The highest BCUT2D eigenvalue weighted by atomic mass is 32.1. The molecule has 2 saturated carbocycles. The van der Waals surface area contributed by atoms with E-state index in [0.29, 0.717) is 6.61 Å². The van der Waals surface area contributed by atoms with Crippen molar-refractivity contribution in [1.29, 1.82) is 0 Å². The van der Waals surface area contributed by atoms with E-state index in [-0.39, 0.29) is 0 Å². The lowest BCUT2D eigenvalue weighted by Gasteiger charge is -2.21. The molecule has 21 heavy (non-hydrogen) atoms. The van der Waals surface area contributed by atoms with Crippen molar-refractivity contribution in [2.45, 2.75) is 32.6 Å². The van der Waals surface area contributed by atoms with Gasteiger partial charge in [-0.05, 0) is 62.1 Å². The Morgan fingerprint density at radius 1 is 1.33 bits per heavy atom. The van der Waals surface area contributed by atoms with Gasteiger partial charge < -0.3 is 10.1 Å². The Morgan fingerprint density at radius 2 is 2.29 bits per heavy atom. The Labute approximate surface area is 129 Å². The van der Waals surface area contributed by atoms with E-state index in [1.54, 1.807) is 11.3 Å². The maximum absolute atomic E-state index is 5.56. The third-order valence-corrected chi connectivity index (χ3v) is 6.05. The minimum absolute atomic E-state index is 0.708. The van der Waals surface area contributed by atoms with E-state index in [4.69, 9.17) is 4.74 Å². The lowest BCUT2D eigenvalue weighted by Crippen LogP contribution is -2.19. The Balaban J connectivity index is 1.44. The normalized spacial score (nSPS) is 27.4. The minimum atomic E-state index is 0.708. The van der Waals surface area contributed by atoms with Crippen LogP contribution in [0.15, 0.2) is 18.2 Å². The number of hydrogen-bond donors (Lipinski definition) is 1. The fourth-order valence-electron chi connectivity index (χ4n) is 4.08. The fourth-order valence-corrected chi connectivity index (χ4v) is 4.98. The summed E-state index contributed by atoms with van der Waals surface area (Å²) in [5.41, 5.74) is 1.07. The SMILES string of the molecule is CCOc1ccc2nc(NCC3CC4CCC3C4)sc2c1. The van der Waals surface area contributed by atoms with Crippen molar-refractivity contribution in [3.05, 3.63) is 18.2 Å². The van der Waals surface area contributed by atoms with E-state index < -0.39 is 0 Å². The second-order valence-electron chi connectivity index (χ2n) is 6.40. The minimum Gasteiger partial charge on any atom is -0.494 e. The first-order valence-electron chi connectivity index (χ1n) is 8.09. The van der Waals surface area contributed by atoms with Crippen LogP contribution in [0.4, 0.5) is 5.13 Å². The second kappa shape index (κ2) is 5.48. The Hall–Kier alpha value is -1.29. The molecule has 2 fully saturated rings. The summed E-state index contributed by atoms with van der Waals surface area (Å²) in [5, 5.41) is 4.64. The van der Waals surface area contributed by atoms with Crippen LogP contribution in [0, 0.1) is 17.8 Å². The number of thiazole rings is 1. The van der Waals surface area contributed by atoms with Gasteiger partial charge in [-0.25, -0.2) is 4.98 Å². The Morgan fingerprint density at radius 3 is 3.05 bits per heavy atom. The van der Waals surface area contributed by atoms with Crippen molar-refractivity contribution in [3.8, 4) is 5.75 Å². The van der Waals surface area contributed by atoms with Gasteiger partial charge in [-0.1, -0.05) is 17.8 Å². The van der Waals surface area contributed by atoms with E-state index in [1.165, 1.54) is 30.4 Å². The van der Waals surface area contributed by atoms with Gasteiger partial charge in [0.15, 0.2) is 5.13 Å². The summed E-state index contributed by atoms with van der Waals surface area (Å²) in [4.78, 5) is 4.69. The molecule has 0 spiro atoms. The molecule has 0 radical (unpaired) electrons. The van der Waals surface area contributed by atoms with Crippen LogP contribution >= 0.6 is 11.3 Å². The summed E-state index contributed by atoms with van der Waals surface area (Å²) in [6, 6.07) is 6.16. The molecule has 0 saturated heterocycles. The van der Waals surface area contributed by atoms with E-state index in [9.17, 15) is 0 Å². The van der Waals surface area contributed by atoms with E-state index in [0.717, 1.165) is 40.7 Å². The quantitative estimate of drug-likeness (QED) is 0.880. The molecule has 0 aliphatic heterocycles. The molecule has 2 aromatic rings. The summed E-state index contributed by atoms with van der Waals surface area (Å²) < 4.78 is 6.76. The van der Waals surface area contributed by atoms with Gasteiger partial charge in [-0.2, -0.15) is 0 Å². The predicted molar refractivity (Wildman–Crippen MR) is 88.2 cm³/mol. The van der Waals surface area contributed by atoms with Crippen LogP contribution in [-0.4, -0.2) is 18.1 Å². The van der Waals surface area contributed by atoms with Gasteiger partial charge in [0, 0.05) is 6.54 Å². The number of ether oxygens (including phenoxy) is 1. The predicted octanol–water partition coefficient (Wildman–Crippen LogP) is 4.54. The number of hydrogen-bond acceptors (Lipinski definition) is 4. The molecular formula is C17H22N2OS. The topological polar surface area (TPSA) is 34.1 Å². The van der Waals surface area contributed by atoms with Crippen LogP contribution in [-0.2, 0) is 0 Å². The number of anilines is 1. The van der Waals surface area contributed by atoms with Crippen molar-refractivity contribution in [1.82, 2.24) is 4.98 Å². The number of nitrogens with zero attached hydrogens (tertiary/aromatic N) is 1. The summed E-state index contributed by atoms with van der Waals surface area (Å²) in [5.74, 6) is 3.80. The highest BCUT2D eigenvalue weighted by Gasteiger charge is 2.39. The monoisotopic (exact) mass is 302 g/mol. The van der Waals surface area contributed by atoms with Crippen molar-refractivity contribution in [3.63, 3.8) is 0 Å². The molecule has 3 nitrogen and oxygen atoms in total. The highest BCUT2D eigenvalue weighted by molar-refractivity contribution is 7.22. The molecule has 4 rings (SSSR count). The number of rotatable bonds is 5. The zero-order valence-electron chi connectivity index (χ0n) is 12.5. The van der Waals surface area contributed by atoms with Crippen molar-refractivity contribution < 1.29 is 4.74 Å². The zero-order valence-corrected chi connectivity index (χ0v) is 13.3. The molecule has 1 aromatic carbocycles. The maximum atomic E-state index is 5.56. The lowest BCUT2D eigenvalue weighted by atomic mass is 9.89. The molecule has 2 bridgehead atoms. The molecule has 3 unspecified atom stereocenters. The maximum Gasteiger partial charge on any atom is 0.183 e. The van der Waals surface area contributed by atoms with Crippen molar-refractivity contribution in [2.24, 2.45) is 17.8 Å². The molecule has 3 atom stereocenters. The molecule has 1 heterocycles. The number of benzene rings is 1. The summed E-state index contributed by atoms with van der Waals surface area (Å²) in [6.45, 7) is 3.82.